The van der Waals surface area contributed by atoms with Crippen molar-refractivity contribution in [2.24, 2.45) is 0 Å². The minimum absolute atomic E-state index is 0.0527. The fourth-order valence-corrected chi connectivity index (χ4v) is 6.16. The van der Waals surface area contributed by atoms with Crippen molar-refractivity contribution in [3.8, 4) is 17.2 Å². The fraction of sp³-hybridized carbons (Fsp3) is 0.355. The molecule has 0 spiro atoms. The van der Waals surface area contributed by atoms with Crippen LogP contribution in [-0.2, 0) is 27.4 Å². The Morgan fingerprint density at radius 3 is 2.41 bits per heavy atom. The molecule has 2 heterocycles. The van der Waals surface area contributed by atoms with Gasteiger partial charge in [-0.25, -0.2) is 4.18 Å². The summed E-state index contributed by atoms with van der Waals surface area (Å²) in [6.07, 6.45) is 5.23. The Morgan fingerprint density at radius 2 is 1.68 bits per heavy atom. The Balaban J connectivity index is 1.44. The lowest BCUT2D eigenvalue weighted by Gasteiger charge is -2.30. The van der Waals surface area contributed by atoms with Gasteiger partial charge in [0.15, 0.2) is 11.5 Å². The van der Waals surface area contributed by atoms with Gasteiger partial charge in [0.2, 0.25) is 0 Å². The predicted octanol–water partition coefficient (Wildman–Crippen LogP) is 4.99. The van der Waals surface area contributed by atoms with Gasteiger partial charge >= 0.3 is 10.4 Å². The van der Waals surface area contributed by atoms with Gasteiger partial charge in [-0.2, -0.15) is 8.42 Å². The number of rotatable bonds is 8. The topological polar surface area (TPSA) is 104 Å². The van der Waals surface area contributed by atoms with Crippen LogP contribution in [0.25, 0.3) is 5.57 Å². The summed E-state index contributed by atoms with van der Waals surface area (Å²) in [5.74, 6) is 1.26. The molecule has 216 valence electrons. The lowest BCUT2D eigenvalue weighted by Crippen LogP contribution is -2.36. The van der Waals surface area contributed by atoms with Crippen LogP contribution in [0.5, 0.6) is 17.2 Å². The maximum atomic E-state index is 13.3. The number of pyridine rings is 1. The number of hydrogen-bond acceptors (Lipinski definition) is 8. The number of aryl methyl sites for hydroxylation is 2. The lowest BCUT2D eigenvalue weighted by molar-refractivity contribution is 0.0743. The molecule has 2 aliphatic rings. The molecule has 10 heteroatoms. The van der Waals surface area contributed by atoms with Gasteiger partial charge in [-0.05, 0) is 85.2 Å². The lowest BCUT2D eigenvalue weighted by atomic mass is 9.88. The SMILES string of the molecule is CCCOS(=O)(=O)Oc1ccc2c(c1)CCc1cccnc1C2=C1CCN(C(=O)c2ccc(OC)c(OC)c2)CC1. The van der Waals surface area contributed by atoms with Crippen LogP contribution in [0.4, 0.5) is 0 Å². The van der Waals surface area contributed by atoms with E-state index in [9.17, 15) is 13.2 Å². The molecular formula is C31H34N2O7S. The zero-order valence-electron chi connectivity index (χ0n) is 23.5. The molecule has 1 amide bonds. The molecule has 0 radical (unpaired) electrons. The van der Waals surface area contributed by atoms with Crippen LogP contribution >= 0.6 is 0 Å². The first kappa shape index (κ1) is 28.6. The first-order valence-corrected chi connectivity index (χ1v) is 15.1. The molecule has 1 aliphatic heterocycles. The highest BCUT2D eigenvalue weighted by Gasteiger charge is 2.28. The van der Waals surface area contributed by atoms with Crippen LogP contribution in [0.15, 0.2) is 60.3 Å². The third kappa shape index (κ3) is 6.23. The van der Waals surface area contributed by atoms with Gasteiger partial charge in [-0.15, -0.1) is 0 Å². The molecule has 5 rings (SSSR count). The summed E-state index contributed by atoms with van der Waals surface area (Å²) in [6.45, 7) is 3.03. The summed E-state index contributed by atoms with van der Waals surface area (Å²) in [6, 6.07) is 14.6. The number of piperidine rings is 1. The van der Waals surface area contributed by atoms with Crippen LogP contribution in [0.3, 0.4) is 0 Å². The highest BCUT2D eigenvalue weighted by Crippen LogP contribution is 2.39. The van der Waals surface area contributed by atoms with Crippen LogP contribution in [-0.4, -0.2) is 58.1 Å². The maximum Gasteiger partial charge on any atom is 0.449 e. The van der Waals surface area contributed by atoms with E-state index in [4.69, 9.17) is 22.8 Å². The highest BCUT2D eigenvalue weighted by atomic mass is 32.3. The summed E-state index contributed by atoms with van der Waals surface area (Å²) in [5.41, 5.74) is 6.90. The number of nitrogens with zero attached hydrogens (tertiary/aromatic N) is 2. The van der Waals surface area contributed by atoms with Gasteiger partial charge in [-0.3, -0.25) is 9.78 Å². The van der Waals surface area contributed by atoms with Crippen LogP contribution in [0.1, 0.15) is 58.9 Å². The molecule has 0 N–H and O–H groups in total. The molecule has 1 fully saturated rings. The summed E-state index contributed by atoms with van der Waals surface area (Å²) >= 11 is 0. The Bertz CT molecular complexity index is 1570. The van der Waals surface area contributed by atoms with Crippen molar-refractivity contribution in [2.45, 2.75) is 39.0 Å². The second kappa shape index (κ2) is 12.3. The molecule has 2 aromatic carbocycles. The van der Waals surface area contributed by atoms with E-state index < -0.39 is 10.4 Å². The minimum Gasteiger partial charge on any atom is -0.493 e. The summed E-state index contributed by atoms with van der Waals surface area (Å²) in [7, 11) is -1.03. The van der Waals surface area contributed by atoms with E-state index in [1.807, 2.05) is 24.0 Å². The summed E-state index contributed by atoms with van der Waals surface area (Å²) in [4.78, 5) is 20.0. The van der Waals surface area contributed by atoms with E-state index in [1.54, 1.807) is 50.7 Å². The molecule has 0 bridgehead atoms. The minimum atomic E-state index is -4.14. The molecular weight excluding hydrogens is 544 g/mol. The van der Waals surface area contributed by atoms with Crippen molar-refractivity contribution in [3.63, 3.8) is 0 Å². The first-order chi connectivity index (χ1) is 19.8. The Kier molecular flexibility index (Phi) is 8.60. The molecule has 0 saturated carbocycles. The highest BCUT2D eigenvalue weighted by molar-refractivity contribution is 7.82. The number of fused-ring (bicyclic) bond motifs is 2. The molecule has 0 unspecified atom stereocenters. The van der Waals surface area contributed by atoms with E-state index in [1.165, 1.54) is 5.57 Å². The number of hydrogen-bond donors (Lipinski definition) is 0. The fourth-order valence-electron chi connectivity index (χ4n) is 5.40. The zero-order chi connectivity index (χ0) is 29.0. The number of likely N-dealkylation sites (tertiary alicyclic amines) is 1. The van der Waals surface area contributed by atoms with Crippen molar-refractivity contribution in [1.29, 1.82) is 0 Å². The number of ether oxygens (including phenoxy) is 2. The van der Waals surface area contributed by atoms with Gasteiger partial charge in [0.25, 0.3) is 5.91 Å². The third-order valence-electron chi connectivity index (χ3n) is 7.41. The Labute approximate surface area is 241 Å². The number of aromatic nitrogens is 1. The number of carbonyl (C=O) groups is 1. The first-order valence-electron chi connectivity index (χ1n) is 13.7. The van der Waals surface area contributed by atoms with Crippen LogP contribution in [0, 0.1) is 0 Å². The summed E-state index contributed by atoms with van der Waals surface area (Å²) in [5, 5.41) is 0. The van der Waals surface area contributed by atoms with Crippen molar-refractivity contribution >= 4 is 21.9 Å². The van der Waals surface area contributed by atoms with E-state index >= 15 is 0 Å². The van der Waals surface area contributed by atoms with Crippen molar-refractivity contribution in [1.82, 2.24) is 9.88 Å². The smallest absolute Gasteiger partial charge is 0.449 e. The van der Waals surface area contributed by atoms with Gasteiger partial charge in [0, 0.05) is 30.4 Å². The van der Waals surface area contributed by atoms with Crippen molar-refractivity contribution < 1.29 is 31.1 Å². The van der Waals surface area contributed by atoms with Crippen molar-refractivity contribution in [2.75, 3.05) is 33.9 Å². The Hall–Kier alpha value is -3.89. The van der Waals surface area contributed by atoms with E-state index in [0.717, 1.165) is 34.4 Å². The molecule has 9 nitrogen and oxygen atoms in total. The number of methoxy groups -OCH3 is 2. The molecule has 1 aliphatic carbocycles. The molecule has 3 aromatic rings. The second-order valence-corrected chi connectivity index (χ2v) is 11.2. The summed E-state index contributed by atoms with van der Waals surface area (Å²) < 4.78 is 45.3. The second-order valence-electron chi connectivity index (χ2n) is 9.98. The van der Waals surface area contributed by atoms with Gasteiger partial charge in [0.05, 0.1) is 26.5 Å². The standard InChI is InChI=1S/C31H34N2O7S/c1-4-18-39-41(35,36)40-25-10-11-26-23(19-25)8-7-22-6-5-15-32-30(22)29(26)21-13-16-33(17-14-21)31(34)24-9-12-27(37-2)28(20-24)38-3/h5-6,9-12,15,19-20H,4,7-8,13-14,16-18H2,1-3H3. The van der Waals surface area contributed by atoms with E-state index in [2.05, 4.69) is 6.07 Å². The largest absolute Gasteiger partial charge is 0.493 e. The normalized spacial score (nSPS) is 15.0. The molecule has 0 atom stereocenters. The van der Waals surface area contributed by atoms with Gasteiger partial charge < -0.3 is 18.6 Å². The predicted molar refractivity (Wildman–Crippen MR) is 155 cm³/mol. The van der Waals surface area contributed by atoms with Crippen LogP contribution in [0.2, 0.25) is 0 Å². The molecule has 1 saturated heterocycles. The molecule has 1 aromatic heterocycles. The average Bonchev–Trinajstić information content (AvgIpc) is 3.16. The van der Waals surface area contributed by atoms with Crippen LogP contribution < -0.4 is 13.7 Å². The third-order valence-corrected chi connectivity index (χ3v) is 8.26. The van der Waals surface area contributed by atoms with Gasteiger partial charge in [-0.1, -0.05) is 24.6 Å². The van der Waals surface area contributed by atoms with Gasteiger partial charge in [0.1, 0.15) is 5.75 Å². The maximum absolute atomic E-state index is 13.3. The van der Waals surface area contributed by atoms with E-state index in [-0.39, 0.29) is 18.3 Å². The monoisotopic (exact) mass is 578 g/mol. The van der Waals surface area contributed by atoms with Crippen molar-refractivity contribution in [3.05, 3.63) is 88.2 Å². The number of amides is 1. The quantitative estimate of drug-likeness (QED) is 0.369. The zero-order valence-corrected chi connectivity index (χ0v) is 24.3. The number of benzene rings is 2. The Morgan fingerprint density at radius 1 is 0.927 bits per heavy atom. The average molecular weight is 579 g/mol. The van der Waals surface area contributed by atoms with E-state index in [0.29, 0.717) is 55.8 Å². The number of carbonyl (C=O) groups excluding carboxylic acids is 1. The molecule has 41 heavy (non-hydrogen) atoms.